The molecule has 8 heteroatoms. The SMILES string of the molecule is Nc1ncnc2c1c(C(=O)c1cccc(NC(=O)NC3CCCCC3)c1)cn2CC1CC1. The van der Waals surface area contributed by atoms with Gasteiger partial charge in [0.05, 0.1) is 10.9 Å². The molecule has 2 heterocycles. The quantitative estimate of drug-likeness (QED) is 0.507. The van der Waals surface area contributed by atoms with Crippen LogP contribution in [0.15, 0.2) is 36.8 Å². The number of carbonyl (C=O) groups excluding carboxylic acids is 2. The van der Waals surface area contributed by atoms with E-state index < -0.39 is 0 Å². The first-order valence-electron chi connectivity index (χ1n) is 11.4. The molecule has 4 N–H and O–H groups in total. The van der Waals surface area contributed by atoms with Crippen molar-refractivity contribution in [2.45, 2.75) is 57.5 Å². The van der Waals surface area contributed by atoms with Crippen LogP contribution in [0.3, 0.4) is 0 Å². The summed E-state index contributed by atoms with van der Waals surface area (Å²) in [5.41, 5.74) is 8.37. The molecule has 32 heavy (non-hydrogen) atoms. The van der Waals surface area contributed by atoms with E-state index in [1.165, 1.54) is 25.6 Å². The molecule has 2 amide bonds. The van der Waals surface area contributed by atoms with Crippen molar-refractivity contribution in [3.8, 4) is 0 Å². The second kappa shape index (κ2) is 8.61. The van der Waals surface area contributed by atoms with Crippen molar-refractivity contribution in [3.63, 3.8) is 0 Å². The molecular formula is C24H28N6O2. The van der Waals surface area contributed by atoms with E-state index in [4.69, 9.17) is 5.73 Å². The number of hydrogen-bond donors (Lipinski definition) is 3. The van der Waals surface area contributed by atoms with Crippen LogP contribution in [-0.2, 0) is 6.54 Å². The normalized spacial score (nSPS) is 16.8. The number of nitrogen functional groups attached to an aromatic ring is 1. The first-order chi connectivity index (χ1) is 15.6. The summed E-state index contributed by atoms with van der Waals surface area (Å²) in [6, 6.07) is 6.98. The number of aromatic nitrogens is 3. The first kappa shape index (κ1) is 20.5. The van der Waals surface area contributed by atoms with Gasteiger partial charge in [0.1, 0.15) is 17.8 Å². The minimum atomic E-state index is -0.236. The van der Waals surface area contributed by atoms with Crippen LogP contribution in [-0.4, -0.2) is 32.4 Å². The number of anilines is 2. The molecule has 2 aliphatic rings. The van der Waals surface area contributed by atoms with Crippen molar-refractivity contribution in [1.29, 1.82) is 0 Å². The van der Waals surface area contributed by atoms with Gasteiger partial charge in [0, 0.05) is 30.0 Å². The third kappa shape index (κ3) is 4.30. The standard InChI is InChI=1S/C24H28N6O2/c25-22-20-19(13-30(12-15-9-10-15)23(20)27-14-26-22)21(31)16-5-4-8-18(11-16)29-24(32)28-17-6-2-1-3-7-17/h4-5,8,11,13-15,17H,1-3,6-7,9-10,12H2,(H2,25,26,27)(H2,28,29,32). The molecule has 3 aromatic rings. The average molecular weight is 433 g/mol. The van der Waals surface area contributed by atoms with Crippen molar-refractivity contribution in [3.05, 3.63) is 47.9 Å². The average Bonchev–Trinajstić information content (AvgIpc) is 3.53. The summed E-state index contributed by atoms with van der Waals surface area (Å²) in [4.78, 5) is 34.3. The molecule has 2 aromatic heterocycles. The van der Waals surface area contributed by atoms with E-state index in [9.17, 15) is 9.59 Å². The highest BCUT2D eigenvalue weighted by molar-refractivity contribution is 6.18. The number of carbonyl (C=O) groups is 2. The van der Waals surface area contributed by atoms with Gasteiger partial charge in [0.25, 0.3) is 0 Å². The maximum absolute atomic E-state index is 13.4. The number of benzene rings is 1. The molecule has 0 saturated heterocycles. The molecule has 0 bridgehead atoms. The number of fused-ring (bicyclic) bond motifs is 1. The highest BCUT2D eigenvalue weighted by Crippen LogP contribution is 2.34. The summed E-state index contributed by atoms with van der Waals surface area (Å²) in [6.07, 6.45) is 11.2. The largest absolute Gasteiger partial charge is 0.383 e. The molecule has 0 unspecified atom stereocenters. The Labute approximate surface area is 186 Å². The Morgan fingerprint density at radius 2 is 1.91 bits per heavy atom. The molecular weight excluding hydrogens is 404 g/mol. The van der Waals surface area contributed by atoms with E-state index in [1.54, 1.807) is 24.3 Å². The zero-order valence-electron chi connectivity index (χ0n) is 18.0. The summed E-state index contributed by atoms with van der Waals surface area (Å²) in [6.45, 7) is 0.823. The number of amides is 2. The summed E-state index contributed by atoms with van der Waals surface area (Å²) >= 11 is 0. The number of nitrogens with two attached hydrogens (primary N) is 1. The van der Waals surface area contributed by atoms with E-state index >= 15 is 0 Å². The topological polar surface area (TPSA) is 115 Å². The minimum Gasteiger partial charge on any atom is -0.383 e. The summed E-state index contributed by atoms with van der Waals surface area (Å²) in [7, 11) is 0. The molecule has 0 spiro atoms. The molecule has 1 aromatic carbocycles. The van der Waals surface area contributed by atoms with Gasteiger partial charge in [-0.15, -0.1) is 0 Å². The molecule has 5 rings (SSSR count). The van der Waals surface area contributed by atoms with Crippen LogP contribution in [0.25, 0.3) is 11.0 Å². The molecule has 2 fully saturated rings. The zero-order chi connectivity index (χ0) is 22.1. The lowest BCUT2D eigenvalue weighted by Crippen LogP contribution is -2.39. The summed E-state index contributed by atoms with van der Waals surface area (Å²) < 4.78 is 2.01. The fraction of sp³-hybridized carbons (Fsp3) is 0.417. The first-order valence-corrected chi connectivity index (χ1v) is 11.4. The van der Waals surface area contributed by atoms with Gasteiger partial charge in [-0.05, 0) is 43.7 Å². The second-order valence-corrected chi connectivity index (χ2v) is 8.94. The van der Waals surface area contributed by atoms with Gasteiger partial charge in [-0.3, -0.25) is 4.79 Å². The van der Waals surface area contributed by atoms with E-state index in [-0.39, 0.29) is 17.9 Å². The number of rotatable bonds is 6. The van der Waals surface area contributed by atoms with Crippen LogP contribution in [0, 0.1) is 5.92 Å². The van der Waals surface area contributed by atoms with E-state index in [0.717, 1.165) is 32.2 Å². The third-order valence-electron chi connectivity index (χ3n) is 6.40. The Kier molecular flexibility index (Phi) is 5.51. The fourth-order valence-electron chi connectivity index (χ4n) is 4.53. The lowest BCUT2D eigenvalue weighted by atomic mass is 9.96. The van der Waals surface area contributed by atoms with Gasteiger partial charge in [0.2, 0.25) is 0 Å². The Balaban J connectivity index is 1.38. The highest BCUT2D eigenvalue weighted by atomic mass is 16.2. The predicted molar refractivity (Wildman–Crippen MR) is 124 cm³/mol. The Hall–Kier alpha value is -3.42. The highest BCUT2D eigenvalue weighted by Gasteiger charge is 2.26. The molecule has 0 atom stereocenters. The predicted octanol–water partition coefficient (Wildman–Crippen LogP) is 4.11. The monoisotopic (exact) mass is 432 g/mol. The maximum atomic E-state index is 13.4. The van der Waals surface area contributed by atoms with Crippen molar-refractivity contribution < 1.29 is 9.59 Å². The fourth-order valence-corrected chi connectivity index (χ4v) is 4.53. The Morgan fingerprint density at radius 3 is 2.69 bits per heavy atom. The number of ketones is 1. The van der Waals surface area contributed by atoms with Gasteiger partial charge >= 0.3 is 6.03 Å². The summed E-state index contributed by atoms with van der Waals surface area (Å²) in [5, 5.41) is 6.49. The molecule has 166 valence electrons. The van der Waals surface area contributed by atoms with Gasteiger partial charge < -0.3 is 20.9 Å². The minimum absolute atomic E-state index is 0.164. The van der Waals surface area contributed by atoms with Crippen LogP contribution >= 0.6 is 0 Å². The van der Waals surface area contributed by atoms with E-state index in [0.29, 0.717) is 39.6 Å². The third-order valence-corrected chi connectivity index (χ3v) is 6.40. The smallest absolute Gasteiger partial charge is 0.319 e. The zero-order valence-corrected chi connectivity index (χ0v) is 18.0. The number of urea groups is 1. The van der Waals surface area contributed by atoms with Crippen LogP contribution in [0.4, 0.5) is 16.3 Å². The van der Waals surface area contributed by atoms with Gasteiger partial charge in [-0.2, -0.15) is 0 Å². The van der Waals surface area contributed by atoms with Crippen LogP contribution in [0.2, 0.25) is 0 Å². The summed E-state index contributed by atoms with van der Waals surface area (Å²) in [5.74, 6) is 0.761. The van der Waals surface area contributed by atoms with Crippen LogP contribution in [0.5, 0.6) is 0 Å². The number of nitrogens with zero attached hydrogens (tertiary/aromatic N) is 3. The number of nitrogens with one attached hydrogen (secondary N) is 2. The molecule has 0 aliphatic heterocycles. The molecule has 8 nitrogen and oxygen atoms in total. The van der Waals surface area contributed by atoms with E-state index in [2.05, 4.69) is 20.6 Å². The van der Waals surface area contributed by atoms with Crippen molar-refractivity contribution in [1.82, 2.24) is 19.9 Å². The number of hydrogen-bond acceptors (Lipinski definition) is 5. The van der Waals surface area contributed by atoms with E-state index in [1.807, 2.05) is 10.8 Å². The maximum Gasteiger partial charge on any atom is 0.319 e. The Morgan fingerprint density at radius 1 is 1.09 bits per heavy atom. The molecule has 2 aliphatic carbocycles. The molecule has 0 radical (unpaired) electrons. The van der Waals surface area contributed by atoms with Crippen molar-refractivity contribution in [2.24, 2.45) is 5.92 Å². The Bertz CT molecular complexity index is 1160. The lowest BCUT2D eigenvalue weighted by molar-refractivity contribution is 0.104. The van der Waals surface area contributed by atoms with Gasteiger partial charge in [-0.1, -0.05) is 31.4 Å². The lowest BCUT2D eigenvalue weighted by Gasteiger charge is -2.22. The van der Waals surface area contributed by atoms with Crippen molar-refractivity contribution in [2.75, 3.05) is 11.1 Å². The van der Waals surface area contributed by atoms with Crippen molar-refractivity contribution >= 4 is 34.4 Å². The van der Waals surface area contributed by atoms with Gasteiger partial charge in [-0.25, -0.2) is 14.8 Å². The van der Waals surface area contributed by atoms with Gasteiger partial charge in [0.15, 0.2) is 5.78 Å². The molecule has 2 saturated carbocycles. The van der Waals surface area contributed by atoms with Crippen LogP contribution in [0.1, 0.15) is 60.9 Å². The second-order valence-electron chi connectivity index (χ2n) is 8.94. The van der Waals surface area contributed by atoms with Crippen LogP contribution < -0.4 is 16.4 Å².